The van der Waals surface area contributed by atoms with Crippen LogP contribution in [0.3, 0.4) is 0 Å². The van der Waals surface area contributed by atoms with E-state index >= 15 is 0 Å². The molecule has 0 atom stereocenters. The van der Waals surface area contributed by atoms with E-state index in [0.717, 1.165) is 5.56 Å². The van der Waals surface area contributed by atoms with Gasteiger partial charge in [-0.05, 0) is 60.0 Å². The van der Waals surface area contributed by atoms with Gasteiger partial charge in [0.1, 0.15) is 0 Å². The maximum atomic E-state index is 14.5. The van der Waals surface area contributed by atoms with Gasteiger partial charge in [-0.1, -0.05) is 12.2 Å². The van der Waals surface area contributed by atoms with E-state index in [1.807, 2.05) is 12.2 Å². The Labute approximate surface area is 202 Å². The summed E-state index contributed by atoms with van der Waals surface area (Å²) in [5.74, 6) is 1.46. The van der Waals surface area contributed by atoms with Crippen molar-refractivity contribution < 1.29 is 33.2 Å². The summed E-state index contributed by atoms with van der Waals surface area (Å²) in [6.07, 6.45) is 3.66. The first-order valence-electron chi connectivity index (χ1n) is 10.1. The van der Waals surface area contributed by atoms with Crippen LogP contribution < -0.4 is 28.4 Å². The average molecular weight is 488 g/mol. The highest BCUT2D eigenvalue weighted by atomic mass is 32.2. The average Bonchev–Trinajstić information content (AvgIpc) is 2.86. The molecule has 9 heteroatoms. The van der Waals surface area contributed by atoms with Gasteiger partial charge >= 0.3 is 0 Å². The monoisotopic (exact) mass is 487 g/mol. The van der Waals surface area contributed by atoms with Gasteiger partial charge in [-0.15, -0.1) is 0 Å². The molecule has 0 unspecified atom stereocenters. The van der Waals surface area contributed by atoms with Crippen LogP contribution in [0, 0.1) is 5.82 Å². The third-order valence-electron chi connectivity index (χ3n) is 4.91. The number of nitrogens with one attached hydrogen (secondary N) is 1. The third-order valence-corrected chi connectivity index (χ3v) is 5.71. The van der Waals surface area contributed by atoms with Crippen LogP contribution in [0.1, 0.15) is 11.1 Å². The van der Waals surface area contributed by atoms with Gasteiger partial charge in [-0.25, -0.2) is 4.39 Å². The van der Waals surface area contributed by atoms with E-state index in [1.54, 1.807) is 57.7 Å². The van der Waals surface area contributed by atoms with Crippen LogP contribution >= 0.6 is 11.9 Å². The van der Waals surface area contributed by atoms with Crippen molar-refractivity contribution in [3.05, 3.63) is 59.4 Å². The van der Waals surface area contributed by atoms with Gasteiger partial charge in [0.15, 0.2) is 34.6 Å². The maximum absolute atomic E-state index is 14.5. The molecule has 3 rings (SSSR count). The molecule has 2 N–H and O–H groups in total. The van der Waals surface area contributed by atoms with Crippen molar-refractivity contribution in [2.45, 2.75) is 4.90 Å². The van der Waals surface area contributed by atoms with Crippen LogP contribution in [-0.4, -0.2) is 40.7 Å². The van der Waals surface area contributed by atoms with E-state index in [4.69, 9.17) is 23.7 Å². The van der Waals surface area contributed by atoms with Crippen molar-refractivity contribution in [3.63, 3.8) is 0 Å². The summed E-state index contributed by atoms with van der Waals surface area (Å²) in [5, 5.41) is 10.0. The van der Waals surface area contributed by atoms with Crippen molar-refractivity contribution in [1.82, 2.24) is 0 Å². The minimum absolute atomic E-state index is 0.00280. The van der Waals surface area contributed by atoms with Crippen molar-refractivity contribution in [2.24, 2.45) is 0 Å². The first kappa shape index (κ1) is 24.9. The lowest BCUT2D eigenvalue weighted by Gasteiger charge is -2.15. The Bertz CT molecular complexity index is 1160. The molecule has 7 nitrogen and oxygen atoms in total. The number of aromatic hydroxyl groups is 1. The zero-order valence-electron chi connectivity index (χ0n) is 19.5. The normalized spacial score (nSPS) is 10.8. The zero-order valence-corrected chi connectivity index (χ0v) is 20.3. The molecule has 0 fully saturated rings. The lowest BCUT2D eigenvalue weighted by atomic mass is 10.1. The van der Waals surface area contributed by atoms with Gasteiger partial charge in [0, 0.05) is 10.5 Å². The second-order valence-electron chi connectivity index (χ2n) is 6.87. The Morgan fingerprint density at radius 1 is 0.765 bits per heavy atom. The van der Waals surface area contributed by atoms with Crippen molar-refractivity contribution >= 4 is 29.8 Å². The van der Waals surface area contributed by atoms with Crippen LogP contribution in [0.2, 0.25) is 0 Å². The number of hydrogen-bond donors (Lipinski definition) is 2. The summed E-state index contributed by atoms with van der Waals surface area (Å²) in [7, 11) is 7.51. The van der Waals surface area contributed by atoms with Crippen LogP contribution in [0.5, 0.6) is 34.5 Å². The minimum atomic E-state index is -0.506. The highest BCUT2D eigenvalue weighted by Crippen LogP contribution is 2.40. The fourth-order valence-electron chi connectivity index (χ4n) is 3.24. The standard InChI is InChI=1S/C25H26FNO6S/c1-29-20-11-9-17(14-19(20)28)34-27-23-16(8-10-18(26)24(23)32-4)7-6-15-12-21(30-2)25(33-5)22(13-15)31-3/h6-14,27-28H,1-5H3/b7-6-. The van der Waals surface area contributed by atoms with E-state index in [2.05, 4.69) is 4.72 Å². The minimum Gasteiger partial charge on any atom is -0.504 e. The smallest absolute Gasteiger partial charge is 0.203 e. The molecule has 0 aromatic heterocycles. The number of rotatable bonds is 10. The van der Waals surface area contributed by atoms with Gasteiger partial charge < -0.3 is 33.5 Å². The molecule has 0 amide bonds. The number of hydrogen-bond acceptors (Lipinski definition) is 8. The van der Waals surface area contributed by atoms with Gasteiger partial charge in [-0.3, -0.25) is 0 Å². The second-order valence-corrected chi connectivity index (χ2v) is 7.75. The SMILES string of the molecule is COc1ccc(SNc2c(/C=C\c3cc(OC)c(OC)c(OC)c3)ccc(F)c2OC)cc1O. The fraction of sp³-hybridized carbons (Fsp3) is 0.200. The molecule has 0 radical (unpaired) electrons. The summed E-state index contributed by atoms with van der Waals surface area (Å²) in [5.41, 5.74) is 1.90. The molecule has 34 heavy (non-hydrogen) atoms. The summed E-state index contributed by atoms with van der Waals surface area (Å²) in [4.78, 5) is 0.698. The van der Waals surface area contributed by atoms with E-state index in [0.29, 0.717) is 39.1 Å². The molecule has 3 aromatic carbocycles. The maximum Gasteiger partial charge on any atom is 0.203 e. The number of phenols is 1. The van der Waals surface area contributed by atoms with Crippen molar-refractivity contribution in [2.75, 3.05) is 40.3 Å². The number of methoxy groups -OCH3 is 5. The largest absolute Gasteiger partial charge is 0.504 e. The van der Waals surface area contributed by atoms with E-state index in [9.17, 15) is 9.50 Å². The highest BCUT2D eigenvalue weighted by Gasteiger charge is 2.15. The lowest BCUT2D eigenvalue weighted by molar-refractivity contribution is 0.324. The van der Waals surface area contributed by atoms with Crippen molar-refractivity contribution in [3.8, 4) is 34.5 Å². The van der Waals surface area contributed by atoms with Crippen LogP contribution in [0.25, 0.3) is 12.2 Å². The summed E-state index contributed by atoms with van der Waals surface area (Å²) < 4.78 is 44.2. The topological polar surface area (TPSA) is 78.4 Å². The van der Waals surface area contributed by atoms with E-state index in [-0.39, 0.29) is 11.5 Å². The Morgan fingerprint density at radius 2 is 1.41 bits per heavy atom. The first-order chi connectivity index (χ1) is 16.4. The number of phenolic OH excluding ortho intramolecular Hbond substituents is 1. The second kappa shape index (κ2) is 11.4. The molecule has 0 saturated heterocycles. The first-order valence-corrected chi connectivity index (χ1v) is 10.9. The molecule has 3 aromatic rings. The van der Waals surface area contributed by atoms with Crippen LogP contribution in [0.4, 0.5) is 10.1 Å². The Kier molecular flexibility index (Phi) is 8.37. The van der Waals surface area contributed by atoms with Gasteiger partial charge in [0.2, 0.25) is 5.75 Å². The molecule has 0 saturated carbocycles. The third kappa shape index (κ3) is 5.43. The molecule has 0 aliphatic heterocycles. The van der Waals surface area contributed by atoms with E-state index < -0.39 is 5.82 Å². The summed E-state index contributed by atoms with van der Waals surface area (Å²) >= 11 is 1.20. The Balaban J connectivity index is 1.95. The summed E-state index contributed by atoms with van der Waals surface area (Å²) in [6.45, 7) is 0. The molecule has 0 aliphatic rings. The predicted octanol–water partition coefficient (Wildman–Crippen LogP) is 5.86. The van der Waals surface area contributed by atoms with Crippen molar-refractivity contribution in [1.29, 1.82) is 0 Å². The number of halogens is 1. The highest BCUT2D eigenvalue weighted by molar-refractivity contribution is 8.00. The van der Waals surface area contributed by atoms with Crippen LogP contribution in [-0.2, 0) is 0 Å². The lowest BCUT2D eigenvalue weighted by Crippen LogP contribution is -1.98. The molecular weight excluding hydrogens is 461 g/mol. The molecule has 0 bridgehead atoms. The molecule has 0 heterocycles. The molecule has 180 valence electrons. The molecule has 0 aliphatic carbocycles. The summed E-state index contributed by atoms with van der Waals surface area (Å²) in [6, 6.07) is 11.6. The van der Waals surface area contributed by atoms with Gasteiger partial charge in [0.05, 0.1) is 41.2 Å². The van der Waals surface area contributed by atoms with Gasteiger partial charge in [-0.2, -0.15) is 0 Å². The Hall–Kier alpha value is -3.72. The number of anilines is 1. The quantitative estimate of drug-likeness (QED) is 0.272. The zero-order chi connectivity index (χ0) is 24.7. The number of benzene rings is 3. The predicted molar refractivity (Wildman–Crippen MR) is 132 cm³/mol. The van der Waals surface area contributed by atoms with Crippen LogP contribution in [0.15, 0.2) is 47.4 Å². The number of ether oxygens (including phenoxy) is 5. The van der Waals surface area contributed by atoms with Gasteiger partial charge in [0.25, 0.3) is 0 Å². The molecular formula is C25H26FNO6S. The Morgan fingerprint density at radius 3 is 1.97 bits per heavy atom. The van der Waals surface area contributed by atoms with E-state index in [1.165, 1.54) is 32.2 Å². The molecule has 0 spiro atoms. The fourth-order valence-corrected chi connectivity index (χ4v) is 3.98.